The zero-order chi connectivity index (χ0) is 10.8. The molecule has 1 aliphatic rings. The van der Waals surface area contributed by atoms with Crippen molar-refractivity contribution in [2.45, 2.75) is 12.4 Å². The fourth-order valence-corrected chi connectivity index (χ4v) is 1.52. The van der Waals surface area contributed by atoms with Gasteiger partial charge in [0.2, 0.25) is 0 Å². The zero-order valence-electron chi connectivity index (χ0n) is 7.76. The van der Waals surface area contributed by atoms with Gasteiger partial charge in [0.25, 0.3) is 0 Å². The highest BCUT2D eigenvalue weighted by Crippen LogP contribution is 2.25. The lowest BCUT2D eigenvalue weighted by molar-refractivity contribution is -0.149. The van der Waals surface area contributed by atoms with E-state index < -0.39 is 12.4 Å². The van der Waals surface area contributed by atoms with Crippen LogP contribution in [0.15, 0.2) is 36.4 Å². The molecule has 2 rings (SSSR count). The molecule has 0 bridgehead atoms. The van der Waals surface area contributed by atoms with E-state index in [1.807, 2.05) is 0 Å². The molecule has 3 nitrogen and oxygen atoms in total. The van der Waals surface area contributed by atoms with Crippen molar-refractivity contribution in [2.75, 3.05) is 0 Å². The third kappa shape index (κ3) is 2.26. The number of halogens is 1. The van der Waals surface area contributed by atoms with Crippen molar-refractivity contribution in [1.82, 2.24) is 0 Å². The molecule has 1 aliphatic heterocycles. The van der Waals surface area contributed by atoms with Crippen LogP contribution in [0.1, 0.15) is 11.7 Å². The number of benzene rings is 1. The molecule has 1 heterocycles. The van der Waals surface area contributed by atoms with E-state index >= 15 is 0 Å². The fourth-order valence-electron chi connectivity index (χ4n) is 1.40. The number of ketones is 1. The van der Waals surface area contributed by atoms with Gasteiger partial charge >= 0.3 is 0 Å². The van der Waals surface area contributed by atoms with E-state index in [9.17, 15) is 9.90 Å². The van der Waals surface area contributed by atoms with E-state index in [0.29, 0.717) is 10.6 Å². The second kappa shape index (κ2) is 4.14. The standard InChI is InChI=1S/C11H9ClO3/c12-8-3-1-7(2-4-8)11-9(13)5-6-10(14)15-11/h1-6,10-11,14H. The maximum absolute atomic E-state index is 11.5. The summed E-state index contributed by atoms with van der Waals surface area (Å²) in [4.78, 5) is 11.5. The molecule has 0 amide bonds. The summed E-state index contributed by atoms with van der Waals surface area (Å²) in [5.74, 6) is -0.178. The Morgan fingerprint density at radius 3 is 2.60 bits per heavy atom. The Bertz CT molecular complexity index is 397. The first kappa shape index (κ1) is 10.4. The lowest BCUT2D eigenvalue weighted by Gasteiger charge is -2.21. The van der Waals surface area contributed by atoms with Crippen molar-refractivity contribution in [2.24, 2.45) is 0 Å². The fraction of sp³-hybridized carbons (Fsp3) is 0.182. The van der Waals surface area contributed by atoms with Crippen LogP contribution in [-0.2, 0) is 9.53 Å². The first-order valence-corrected chi connectivity index (χ1v) is 4.85. The largest absolute Gasteiger partial charge is 0.365 e. The molecule has 1 N–H and O–H groups in total. The second-order valence-corrected chi connectivity index (χ2v) is 3.66. The summed E-state index contributed by atoms with van der Waals surface area (Å²) >= 11 is 5.73. The van der Waals surface area contributed by atoms with Crippen molar-refractivity contribution < 1.29 is 14.6 Å². The van der Waals surface area contributed by atoms with E-state index in [1.54, 1.807) is 24.3 Å². The molecule has 0 aliphatic carbocycles. The van der Waals surface area contributed by atoms with Gasteiger partial charge in [-0.2, -0.15) is 0 Å². The summed E-state index contributed by atoms with van der Waals surface area (Å²) < 4.78 is 5.10. The van der Waals surface area contributed by atoms with Gasteiger partial charge in [0.05, 0.1) is 0 Å². The van der Waals surface area contributed by atoms with Crippen LogP contribution < -0.4 is 0 Å². The predicted octanol–water partition coefficient (Wildman–Crippen LogP) is 1.85. The molecule has 1 aromatic rings. The van der Waals surface area contributed by atoms with Crippen LogP contribution in [0.4, 0.5) is 0 Å². The van der Waals surface area contributed by atoms with Crippen LogP contribution in [-0.4, -0.2) is 17.2 Å². The topological polar surface area (TPSA) is 46.5 Å². The Kier molecular flexibility index (Phi) is 2.86. The van der Waals surface area contributed by atoms with E-state index in [1.165, 1.54) is 12.2 Å². The van der Waals surface area contributed by atoms with Crippen LogP contribution in [0.3, 0.4) is 0 Å². The SMILES string of the molecule is O=C1C=CC(O)OC1c1ccc(Cl)cc1. The summed E-state index contributed by atoms with van der Waals surface area (Å²) in [5.41, 5.74) is 0.688. The van der Waals surface area contributed by atoms with Gasteiger partial charge in [-0.05, 0) is 29.8 Å². The smallest absolute Gasteiger partial charge is 0.188 e. The maximum Gasteiger partial charge on any atom is 0.188 e. The summed E-state index contributed by atoms with van der Waals surface area (Å²) in [6.45, 7) is 0. The third-order valence-electron chi connectivity index (χ3n) is 2.13. The van der Waals surface area contributed by atoms with Crippen molar-refractivity contribution in [3.05, 3.63) is 47.0 Å². The van der Waals surface area contributed by atoms with Crippen molar-refractivity contribution in [1.29, 1.82) is 0 Å². The number of hydrogen-bond acceptors (Lipinski definition) is 3. The van der Waals surface area contributed by atoms with Gasteiger partial charge in [-0.1, -0.05) is 23.7 Å². The molecular weight excluding hydrogens is 216 g/mol. The number of rotatable bonds is 1. The Morgan fingerprint density at radius 1 is 1.27 bits per heavy atom. The number of carbonyl (C=O) groups excluding carboxylic acids is 1. The predicted molar refractivity (Wildman–Crippen MR) is 55.4 cm³/mol. The average molecular weight is 225 g/mol. The van der Waals surface area contributed by atoms with Crippen LogP contribution in [0.5, 0.6) is 0 Å². The maximum atomic E-state index is 11.5. The van der Waals surface area contributed by atoms with Crippen LogP contribution in [0.2, 0.25) is 5.02 Å². The molecule has 0 spiro atoms. The highest BCUT2D eigenvalue weighted by atomic mass is 35.5. The van der Waals surface area contributed by atoms with E-state index in [0.717, 1.165) is 0 Å². The number of carbonyl (C=O) groups is 1. The van der Waals surface area contributed by atoms with Gasteiger partial charge in [-0.25, -0.2) is 0 Å². The molecule has 1 aromatic carbocycles. The Balaban J connectivity index is 2.27. The normalized spacial score (nSPS) is 25.6. The zero-order valence-corrected chi connectivity index (χ0v) is 8.52. The summed E-state index contributed by atoms with van der Waals surface area (Å²) in [6, 6.07) is 6.77. The van der Waals surface area contributed by atoms with Crippen LogP contribution >= 0.6 is 11.6 Å². The summed E-state index contributed by atoms with van der Waals surface area (Å²) in [7, 11) is 0. The number of aliphatic hydroxyl groups excluding tert-OH is 1. The van der Waals surface area contributed by atoms with Gasteiger partial charge in [-0.3, -0.25) is 4.79 Å². The Labute approximate surface area is 91.9 Å². The number of hydrogen-bond donors (Lipinski definition) is 1. The monoisotopic (exact) mass is 224 g/mol. The molecule has 4 heteroatoms. The lowest BCUT2D eigenvalue weighted by atomic mass is 10.0. The number of aliphatic hydroxyl groups is 1. The van der Waals surface area contributed by atoms with Crippen molar-refractivity contribution in [3.63, 3.8) is 0 Å². The lowest BCUT2D eigenvalue weighted by Crippen LogP contribution is -2.24. The van der Waals surface area contributed by atoms with E-state index in [4.69, 9.17) is 16.3 Å². The van der Waals surface area contributed by atoms with E-state index in [-0.39, 0.29) is 5.78 Å². The van der Waals surface area contributed by atoms with Gasteiger partial charge in [0.1, 0.15) is 6.10 Å². The van der Waals surface area contributed by atoms with Crippen molar-refractivity contribution >= 4 is 17.4 Å². The van der Waals surface area contributed by atoms with Gasteiger partial charge in [0.15, 0.2) is 12.1 Å². The van der Waals surface area contributed by atoms with E-state index in [2.05, 4.69) is 0 Å². The van der Waals surface area contributed by atoms with Crippen LogP contribution in [0, 0.1) is 0 Å². The molecule has 0 radical (unpaired) electrons. The molecule has 0 saturated carbocycles. The van der Waals surface area contributed by atoms with Crippen LogP contribution in [0.25, 0.3) is 0 Å². The molecule has 0 saturated heterocycles. The van der Waals surface area contributed by atoms with Gasteiger partial charge < -0.3 is 9.84 Å². The quantitative estimate of drug-likeness (QED) is 0.792. The minimum Gasteiger partial charge on any atom is -0.365 e. The van der Waals surface area contributed by atoms with Gasteiger partial charge in [0, 0.05) is 5.02 Å². The minimum absolute atomic E-state index is 0.178. The molecule has 15 heavy (non-hydrogen) atoms. The molecule has 0 fully saturated rings. The molecule has 0 aromatic heterocycles. The molecule has 78 valence electrons. The molecule has 2 atom stereocenters. The van der Waals surface area contributed by atoms with Gasteiger partial charge in [-0.15, -0.1) is 0 Å². The molecular formula is C11H9ClO3. The summed E-state index contributed by atoms with van der Waals surface area (Å²) in [6.07, 6.45) is 0.882. The Morgan fingerprint density at radius 2 is 1.93 bits per heavy atom. The molecule has 2 unspecified atom stereocenters. The first-order chi connectivity index (χ1) is 7.16. The van der Waals surface area contributed by atoms with Crippen molar-refractivity contribution in [3.8, 4) is 0 Å². The Hall–Kier alpha value is -1.16. The minimum atomic E-state index is -1.02. The number of ether oxygens (including phenoxy) is 1. The highest BCUT2D eigenvalue weighted by molar-refractivity contribution is 6.30. The second-order valence-electron chi connectivity index (χ2n) is 3.22. The average Bonchev–Trinajstić information content (AvgIpc) is 2.23. The summed E-state index contributed by atoms with van der Waals surface area (Å²) in [5, 5.41) is 9.82. The third-order valence-corrected chi connectivity index (χ3v) is 2.38. The first-order valence-electron chi connectivity index (χ1n) is 4.48. The highest BCUT2D eigenvalue weighted by Gasteiger charge is 2.25.